The Labute approximate surface area is 66.1 Å². The maximum Gasteiger partial charge on any atom is 0.0623 e. The van der Waals surface area contributed by atoms with Gasteiger partial charge in [0.15, 0.2) is 0 Å². The number of halogens is 1. The largest absolute Gasteiger partial charge is 0.0985 e. The van der Waals surface area contributed by atoms with Crippen LogP contribution in [0.1, 0.15) is 8.30 Å². The third kappa shape index (κ3) is 1.68. The second kappa shape index (κ2) is 2.83. The van der Waals surface area contributed by atoms with Crippen LogP contribution in [-0.2, 0) is 0 Å². The number of hydrogen-bond acceptors (Lipinski definition) is 0. The van der Waals surface area contributed by atoms with E-state index in [0.717, 1.165) is 16.6 Å². The van der Waals surface area contributed by atoms with Gasteiger partial charge < -0.3 is 0 Å². The van der Waals surface area contributed by atoms with Crippen LogP contribution in [0.2, 0.25) is 0 Å². The lowest BCUT2D eigenvalue weighted by Crippen LogP contribution is -1.67. The van der Waals surface area contributed by atoms with Crippen molar-refractivity contribution in [1.29, 1.82) is 0 Å². The summed E-state index contributed by atoms with van der Waals surface area (Å²) in [5.41, 5.74) is 0.767. The summed E-state index contributed by atoms with van der Waals surface area (Å²) in [6.07, 6.45) is 0. The van der Waals surface area contributed by atoms with Crippen molar-refractivity contribution in [2.45, 2.75) is 0 Å². The lowest BCUT2D eigenvalue weighted by atomic mass is 10.2. The predicted molar refractivity (Wildman–Crippen MR) is 44.2 cm³/mol. The van der Waals surface area contributed by atoms with Crippen LogP contribution in [0.25, 0.3) is 6.05 Å². The summed E-state index contributed by atoms with van der Waals surface area (Å²) in [6.45, 7) is 1.03. The van der Waals surface area contributed by atoms with Gasteiger partial charge in [0.05, 0.1) is 2.74 Å². The highest BCUT2D eigenvalue weighted by molar-refractivity contribution is 9.10. The lowest BCUT2D eigenvalue weighted by Gasteiger charge is -1.90. The first-order valence-corrected chi connectivity index (χ1v) is 3.34. The van der Waals surface area contributed by atoms with E-state index in [1.165, 1.54) is 0 Å². The van der Waals surface area contributed by atoms with Crippen LogP contribution in [0.15, 0.2) is 35.3 Å². The first kappa shape index (κ1) is 4.29. The molecule has 1 aromatic rings. The second-order valence-corrected chi connectivity index (χ2v) is 2.57. The van der Waals surface area contributed by atoms with E-state index in [0.29, 0.717) is 0 Å². The highest BCUT2D eigenvalue weighted by atomic mass is 79.9. The van der Waals surface area contributed by atoms with Gasteiger partial charge in [-0.05, 0) is 17.7 Å². The maximum atomic E-state index is 7.29. The summed E-state index contributed by atoms with van der Waals surface area (Å²) in [6, 6.07) is 7.55. The Morgan fingerprint density at radius 2 is 2.22 bits per heavy atom. The quantitative estimate of drug-likeness (QED) is 0.630. The molecule has 1 aromatic carbocycles. The molecule has 0 radical (unpaired) electrons. The molecule has 1 heteroatoms. The molecule has 0 saturated carbocycles. The van der Waals surface area contributed by atoms with E-state index in [1.807, 2.05) is 12.1 Å². The Morgan fingerprint density at radius 1 is 1.56 bits per heavy atom. The van der Waals surface area contributed by atoms with Crippen molar-refractivity contribution in [3.8, 4) is 0 Å². The van der Waals surface area contributed by atoms with E-state index in [-0.39, 0.29) is 6.05 Å². The molecular formula is C8H7Br. The van der Waals surface area contributed by atoms with Crippen molar-refractivity contribution < 1.29 is 2.74 Å². The molecule has 0 amide bonds. The van der Waals surface area contributed by atoms with E-state index < -0.39 is 0 Å². The summed E-state index contributed by atoms with van der Waals surface area (Å²) in [5, 5.41) is 0. The molecule has 9 heavy (non-hydrogen) atoms. The molecule has 0 bridgehead atoms. The third-order valence-corrected chi connectivity index (χ3v) is 1.54. The zero-order valence-electron chi connectivity index (χ0n) is 6.76. The summed E-state index contributed by atoms with van der Waals surface area (Å²) >= 11 is 3.29. The third-order valence-electron chi connectivity index (χ3n) is 1.01. The first-order chi connectivity index (χ1) is 5.24. The summed E-state index contributed by atoms with van der Waals surface area (Å²) in [4.78, 5) is 0. The highest BCUT2D eigenvalue weighted by Crippen LogP contribution is 2.10. The summed E-state index contributed by atoms with van der Waals surface area (Å²) in [7, 11) is 0. The Morgan fingerprint density at radius 3 is 2.78 bits per heavy atom. The number of hydrogen-bond donors (Lipinski definition) is 0. The Balaban J connectivity index is 2.99. The molecule has 0 aromatic heterocycles. The minimum absolute atomic E-state index is 0.234. The summed E-state index contributed by atoms with van der Waals surface area (Å²) < 4.78 is 15.1. The van der Waals surface area contributed by atoms with Gasteiger partial charge in [0.25, 0.3) is 0 Å². The van der Waals surface area contributed by atoms with E-state index in [4.69, 9.17) is 2.74 Å². The fraction of sp³-hybridized carbons (Fsp3) is 0. The molecule has 0 spiro atoms. The Kier molecular flexibility index (Phi) is 1.35. The van der Waals surface area contributed by atoms with Gasteiger partial charge >= 0.3 is 0 Å². The zero-order valence-corrected chi connectivity index (χ0v) is 6.35. The van der Waals surface area contributed by atoms with Crippen molar-refractivity contribution >= 4 is 22.0 Å². The zero-order chi connectivity index (χ0) is 8.27. The first-order valence-electron chi connectivity index (χ1n) is 3.63. The second-order valence-electron chi connectivity index (χ2n) is 1.65. The van der Waals surface area contributed by atoms with Crippen molar-refractivity contribution in [1.82, 2.24) is 0 Å². The van der Waals surface area contributed by atoms with Crippen LogP contribution in [0.4, 0.5) is 0 Å². The van der Waals surface area contributed by atoms with Gasteiger partial charge in [0, 0.05) is 4.47 Å². The Bertz CT molecular complexity index is 264. The average Bonchev–Trinajstić information content (AvgIpc) is 2.05. The van der Waals surface area contributed by atoms with Crippen LogP contribution in [0, 0.1) is 0 Å². The lowest BCUT2D eigenvalue weighted by molar-refractivity contribution is 1.62. The maximum absolute atomic E-state index is 7.29. The topological polar surface area (TPSA) is 0 Å². The smallest absolute Gasteiger partial charge is 0.0623 e. The minimum atomic E-state index is 0.234. The van der Waals surface area contributed by atoms with Crippen LogP contribution >= 0.6 is 15.9 Å². The molecule has 0 aliphatic heterocycles. The van der Waals surface area contributed by atoms with Gasteiger partial charge in [-0.15, -0.1) is 0 Å². The normalized spacial score (nSPS) is 14.6. The van der Waals surface area contributed by atoms with Crippen LogP contribution in [-0.4, -0.2) is 0 Å². The van der Waals surface area contributed by atoms with Crippen LogP contribution in [0.5, 0.6) is 0 Å². The highest BCUT2D eigenvalue weighted by Gasteiger charge is 1.83. The molecule has 0 nitrogen and oxygen atoms in total. The fourth-order valence-electron chi connectivity index (χ4n) is 0.546. The van der Waals surface area contributed by atoms with Crippen molar-refractivity contribution in [2.24, 2.45) is 0 Å². The van der Waals surface area contributed by atoms with E-state index in [1.54, 1.807) is 12.1 Å². The van der Waals surface area contributed by atoms with Gasteiger partial charge in [-0.25, -0.2) is 0 Å². The number of rotatable bonds is 1. The number of benzene rings is 1. The molecule has 0 unspecified atom stereocenters. The molecule has 0 saturated heterocycles. The standard InChI is InChI=1S/C8H7Br/c1-2-7-3-5-8(9)6-4-7/h2-6H,1H2/i1D,2D. The van der Waals surface area contributed by atoms with E-state index >= 15 is 0 Å². The summed E-state index contributed by atoms with van der Waals surface area (Å²) in [5.74, 6) is 0. The minimum Gasteiger partial charge on any atom is -0.0985 e. The van der Waals surface area contributed by atoms with Crippen molar-refractivity contribution in [2.75, 3.05) is 0 Å². The molecule has 46 valence electrons. The molecular weight excluding hydrogens is 176 g/mol. The SMILES string of the molecule is [2H]C=C([2H])c1ccc(Br)cc1. The van der Waals surface area contributed by atoms with Gasteiger partial charge in [-0.2, -0.15) is 0 Å². The monoisotopic (exact) mass is 184 g/mol. The molecule has 0 aliphatic rings. The molecule has 0 N–H and O–H groups in total. The Hall–Kier alpha value is -0.560. The van der Waals surface area contributed by atoms with E-state index in [9.17, 15) is 0 Å². The molecule has 0 aliphatic carbocycles. The van der Waals surface area contributed by atoms with Gasteiger partial charge in [-0.3, -0.25) is 0 Å². The van der Waals surface area contributed by atoms with Crippen molar-refractivity contribution in [3.05, 3.63) is 40.9 Å². The molecule has 0 atom stereocenters. The van der Waals surface area contributed by atoms with Gasteiger partial charge in [-0.1, -0.05) is 40.7 Å². The molecule has 0 heterocycles. The van der Waals surface area contributed by atoms with Gasteiger partial charge in [0.1, 0.15) is 0 Å². The van der Waals surface area contributed by atoms with Crippen LogP contribution in [0.3, 0.4) is 0 Å². The van der Waals surface area contributed by atoms with Crippen LogP contribution < -0.4 is 0 Å². The fourth-order valence-corrected chi connectivity index (χ4v) is 0.810. The van der Waals surface area contributed by atoms with E-state index in [2.05, 4.69) is 15.9 Å². The molecule has 0 fully saturated rings. The van der Waals surface area contributed by atoms with Gasteiger partial charge in [0.2, 0.25) is 0 Å². The average molecular weight is 185 g/mol. The molecule has 1 rings (SSSR count). The predicted octanol–water partition coefficient (Wildman–Crippen LogP) is 3.09. The van der Waals surface area contributed by atoms with Crippen molar-refractivity contribution in [3.63, 3.8) is 0 Å².